The van der Waals surface area contributed by atoms with Crippen molar-refractivity contribution in [2.75, 3.05) is 7.11 Å². The highest BCUT2D eigenvalue weighted by Gasteiger charge is 2.13. The zero-order valence-corrected chi connectivity index (χ0v) is 11.2. The molecule has 0 aliphatic rings. The maximum atomic E-state index is 14.0. The van der Waals surface area contributed by atoms with Gasteiger partial charge in [-0.05, 0) is 30.7 Å². The number of nitrogen functional groups attached to an aromatic ring is 1. The van der Waals surface area contributed by atoms with Crippen molar-refractivity contribution in [3.05, 3.63) is 53.3 Å². The van der Waals surface area contributed by atoms with Crippen LogP contribution in [0.15, 0.2) is 36.4 Å². The Labute approximate surface area is 116 Å². The normalized spacial score (nSPS) is 10.2. The maximum Gasteiger partial charge on any atom is 0.168 e. The second-order valence-corrected chi connectivity index (χ2v) is 4.26. The first-order valence-corrected chi connectivity index (χ1v) is 5.98. The summed E-state index contributed by atoms with van der Waals surface area (Å²) in [4.78, 5) is 0. The molecule has 2 rings (SSSR count). The second kappa shape index (κ2) is 5.61. The van der Waals surface area contributed by atoms with Crippen LogP contribution in [-0.2, 0) is 0 Å². The van der Waals surface area contributed by atoms with Gasteiger partial charge in [0.2, 0.25) is 0 Å². The molecular formula is C15H15FN2O2. The second-order valence-electron chi connectivity index (χ2n) is 4.26. The minimum absolute atomic E-state index is 0.0840. The molecule has 0 saturated carbocycles. The van der Waals surface area contributed by atoms with Crippen molar-refractivity contribution in [2.45, 2.75) is 6.92 Å². The molecule has 0 spiro atoms. The summed E-state index contributed by atoms with van der Waals surface area (Å²) in [5.41, 5.74) is 6.36. The number of amidine groups is 1. The van der Waals surface area contributed by atoms with Gasteiger partial charge in [-0.3, -0.25) is 5.41 Å². The molecule has 0 aromatic heterocycles. The van der Waals surface area contributed by atoms with Crippen LogP contribution in [0, 0.1) is 18.2 Å². The zero-order chi connectivity index (χ0) is 14.7. The minimum atomic E-state index is -0.440. The van der Waals surface area contributed by atoms with Gasteiger partial charge in [-0.1, -0.05) is 12.1 Å². The molecule has 0 radical (unpaired) electrons. The van der Waals surface area contributed by atoms with E-state index in [9.17, 15) is 4.39 Å². The summed E-state index contributed by atoms with van der Waals surface area (Å²) in [6.45, 7) is 1.65. The lowest BCUT2D eigenvalue weighted by Crippen LogP contribution is -2.12. The Morgan fingerprint density at radius 2 is 1.95 bits per heavy atom. The van der Waals surface area contributed by atoms with Crippen LogP contribution in [0.2, 0.25) is 0 Å². The van der Waals surface area contributed by atoms with E-state index in [0.29, 0.717) is 16.9 Å². The first-order chi connectivity index (χ1) is 9.52. The number of nitrogens with two attached hydrogens (primary N) is 1. The molecule has 0 aliphatic heterocycles. The standard InChI is InChI=1S/C15H15FN2O2/c1-9-4-3-5-12(14(9)16)20-13-8-10(19-2)6-7-11(13)15(17)18/h3-8H,1-2H3,(H3,17,18). The van der Waals surface area contributed by atoms with Crippen molar-refractivity contribution in [1.82, 2.24) is 0 Å². The van der Waals surface area contributed by atoms with E-state index in [4.69, 9.17) is 20.6 Å². The lowest BCUT2D eigenvalue weighted by atomic mass is 10.1. The number of nitrogens with one attached hydrogen (secondary N) is 1. The molecule has 3 N–H and O–H groups in total. The molecule has 0 saturated heterocycles. The number of hydrogen-bond acceptors (Lipinski definition) is 3. The number of benzene rings is 2. The van der Waals surface area contributed by atoms with Gasteiger partial charge in [-0.25, -0.2) is 4.39 Å². The molecule has 2 aromatic rings. The summed E-state index contributed by atoms with van der Waals surface area (Å²) in [6, 6.07) is 9.70. The lowest BCUT2D eigenvalue weighted by molar-refractivity contribution is 0.404. The Bertz CT molecular complexity index is 656. The molecule has 5 heteroatoms. The number of aryl methyl sites for hydroxylation is 1. The molecule has 0 fully saturated rings. The summed E-state index contributed by atoms with van der Waals surface area (Å²) >= 11 is 0. The highest BCUT2D eigenvalue weighted by Crippen LogP contribution is 2.31. The van der Waals surface area contributed by atoms with Gasteiger partial charge in [0, 0.05) is 6.07 Å². The van der Waals surface area contributed by atoms with E-state index in [0.717, 1.165) is 0 Å². The van der Waals surface area contributed by atoms with E-state index in [-0.39, 0.29) is 17.3 Å². The summed E-state index contributed by atoms with van der Waals surface area (Å²) in [5.74, 6) is 0.306. The fourth-order valence-corrected chi connectivity index (χ4v) is 1.75. The van der Waals surface area contributed by atoms with Crippen molar-refractivity contribution in [2.24, 2.45) is 5.73 Å². The molecule has 20 heavy (non-hydrogen) atoms. The molecular weight excluding hydrogens is 259 g/mol. The average molecular weight is 274 g/mol. The van der Waals surface area contributed by atoms with Crippen LogP contribution in [0.4, 0.5) is 4.39 Å². The molecule has 0 unspecified atom stereocenters. The Morgan fingerprint density at radius 1 is 1.20 bits per heavy atom. The van der Waals surface area contributed by atoms with Gasteiger partial charge < -0.3 is 15.2 Å². The van der Waals surface area contributed by atoms with E-state index in [1.54, 1.807) is 37.3 Å². The van der Waals surface area contributed by atoms with Crippen molar-refractivity contribution < 1.29 is 13.9 Å². The van der Waals surface area contributed by atoms with E-state index in [1.807, 2.05) is 0 Å². The number of halogens is 1. The fraction of sp³-hybridized carbons (Fsp3) is 0.133. The van der Waals surface area contributed by atoms with Crippen molar-refractivity contribution >= 4 is 5.84 Å². The quantitative estimate of drug-likeness (QED) is 0.664. The van der Waals surface area contributed by atoms with Crippen LogP contribution >= 0.6 is 0 Å². The molecule has 0 amide bonds. The van der Waals surface area contributed by atoms with Gasteiger partial charge in [0.05, 0.1) is 12.7 Å². The first kappa shape index (κ1) is 13.9. The smallest absolute Gasteiger partial charge is 0.168 e. The van der Waals surface area contributed by atoms with Crippen LogP contribution in [0.1, 0.15) is 11.1 Å². The fourth-order valence-electron chi connectivity index (χ4n) is 1.75. The lowest BCUT2D eigenvalue weighted by Gasteiger charge is -2.13. The van der Waals surface area contributed by atoms with Crippen molar-refractivity contribution in [3.8, 4) is 17.2 Å². The highest BCUT2D eigenvalue weighted by molar-refractivity contribution is 5.97. The third-order valence-corrected chi connectivity index (χ3v) is 2.86. The van der Waals surface area contributed by atoms with Gasteiger partial charge in [0.1, 0.15) is 17.3 Å². The monoisotopic (exact) mass is 274 g/mol. The Hall–Kier alpha value is -2.56. The zero-order valence-electron chi connectivity index (χ0n) is 11.2. The predicted molar refractivity (Wildman–Crippen MR) is 75.2 cm³/mol. The molecule has 0 heterocycles. The predicted octanol–water partition coefficient (Wildman–Crippen LogP) is 3.22. The number of ether oxygens (including phenoxy) is 2. The SMILES string of the molecule is COc1ccc(C(=N)N)c(Oc2cccc(C)c2F)c1. The molecule has 2 aromatic carbocycles. The molecule has 104 valence electrons. The van der Waals surface area contributed by atoms with Gasteiger partial charge in [0.15, 0.2) is 11.6 Å². The third-order valence-electron chi connectivity index (χ3n) is 2.86. The van der Waals surface area contributed by atoms with Crippen molar-refractivity contribution in [1.29, 1.82) is 5.41 Å². The van der Waals surface area contributed by atoms with Crippen LogP contribution in [-0.4, -0.2) is 12.9 Å². The Balaban J connectivity index is 2.46. The van der Waals surface area contributed by atoms with Crippen LogP contribution in [0.25, 0.3) is 0 Å². The summed E-state index contributed by atoms with van der Waals surface area (Å²) in [7, 11) is 1.51. The van der Waals surface area contributed by atoms with E-state index in [2.05, 4.69) is 0 Å². The van der Waals surface area contributed by atoms with Crippen molar-refractivity contribution in [3.63, 3.8) is 0 Å². The number of rotatable bonds is 4. The maximum absolute atomic E-state index is 14.0. The molecule has 0 bridgehead atoms. The van der Waals surface area contributed by atoms with Gasteiger partial charge in [0.25, 0.3) is 0 Å². The van der Waals surface area contributed by atoms with Crippen LogP contribution in [0.5, 0.6) is 17.2 Å². The average Bonchev–Trinajstić information content (AvgIpc) is 2.43. The number of methoxy groups -OCH3 is 1. The minimum Gasteiger partial charge on any atom is -0.497 e. The topological polar surface area (TPSA) is 68.3 Å². The van der Waals surface area contributed by atoms with E-state index < -0.39 is 5.82 Å². The summed E-state index contributed by atoms with van der Waals surface area (Å²) in [5, 5.41) is 7.53. The Morgan fingerprint density at radius 3 is 2.60 bits per heavy atom. The van der Waals surface area contributed by atoms with Gasteiger partial charge >= 0.3 is 0 Å². The first-order valence-electron chi connectivity index (χ1n) is 5.98. The summed E-state index contributed by atoms with van der Waals surface area (Å²) in [6.07, 6.45) is 0. The summed E-state index contributed by atoms with van der Waals surface area (Å²) < 4.78 is 24.6. The molecule has 0 atom stereocenters. The number of hydrogen-bond donors (Lipinski definition) is 2. The van der Waals surface area contributed by atoms with Crippen LogP contribution < -0.4 is 15.2 Å². The Kier molecular flexibility index (Phi) is 3.89. The highest BCUT2D eigenvalue weighted by atomic mass is 19.1. The van der Waals surface area contributed by atoms with Crippen LogP contribution in [0.3, 0.4) is 0 Å². The molecule has 0 aliphatic carbocycles. The largest absolute Gasteiger partial charge is 0.497 e. The molecule has 4 nitrogen and oxygen atoms in total. The third kappa shape index (κ3) is 2.71. The van der Waals surface area contributed by atoms with E-state index >= 15 is 0 Å². The van der Waals surface area contributed by atoms with E-state index in [1.165, 1.54) is 13.2 Å². The van der Waals surface area contributed by atoms with Gasteiger partial charge in [-0.15, -0.1) is 0 Å². The van der Waals surface area contributed by atoms with Gasteiger partial charge in [-0.2, -0.15) is 0 Å².